The summed E-state index contributed by atoms with van der Waals surface area (Å²) >= 11 is 6.21. The molecule has 0 heterocycles. The summed E-state index contributed by atoms with van der Waals surface area (Å²) in [5, 5.41) is 13.3. The molecule has 21 heavy (non-hydrogen) atoms. The molecule has 1 fully saturated rings. The average Bonchev–Trinajstić information content (AvgIpc) is 2.73. The first-order valence-electron chi connectivity index (χ1n) is 7.44. The van der Waals surface area contributed by atoms with Crippen molar-refractivity contribution in [2.45, 2.75) is 50.6 Å². The van der Waals surface area contributed by atoms with Gasteiger partial charge in [-0.3, -0.25) is 10.1 Å². The molecule has 1 aromatic rings. The van der Waals surface area contributed by atoms with E-state index in [2.05, 4.69) is 5.32 Å². The molecule has 1 atom stereocenters. The van der Waals surface area contributed by atoms with Crippen LogP contribution in [0.3, 0.4) is 0 Å². The SMILES string of the molecule is COc1cccc(Cl)c1C(NC1CCCCCC1)C(=O)O. The highest BCUT2D eigenvalue weighted by molar-refractivity contribution is 6.31. The van der Waals surface area contributed by atoms with E-state index in [-0.39, 0.29) is 6.04 Å². The number of carboxylic acids is 1. The number of ether oxygens (including phenoxy) is 1. The van der Waals surface area contributed by atoms with E-state index in [0.29, 0.717) is 16.3 Å². The lowest BCUT2D eigenvalue weighted by atomic mass is 10.0. The van der Waals surface area contributed by atoms with Gasteiger partial charge in [-0.2, -0.15) is 0 Å². The fourth-order valence-electron chi connectivity index (χ4n) is 2.94. The maximum absolute atomic E-state index is 11.7. The van der Waals surface area contributed by atoms with Crippen molar-refractivity contribution < 1.29 is 14.6 Å². The molecule has 0 bridgehead atoms. The summed E-state index contributed by atoms with van der Waals surface area (Å²) in [4.78, 5) is 11.7. The standard InChI is InChI=1S/C16H22ClNO3/c1-21-13-10-6-9-12(17)14(13)15(16(19)20)18-11-7-4-2-3-5-8-11/h6,9-11,15,18H,2-5,7-8H2,1H3,(H,19,20). The van der Waals surface area contributed by atoms with E-state index in [0.717, 1.165) is 25.7 Å². The molecular formula is C16H22ClNO3. The van der Waals surface area contributed by atoms with E-state index in [1.54, 1.807) is 18.2 Å². The lowest BCUT2D eigenvalue weighted by Gasteiger charge is -2.24. The fraction of sp³-hybridized carbons (Fsp3) is 0.562. The van der Waals surface area contributed by atoms with Crippen LogP contribution < -0.4 is 10.1 Å². The number of halogens is 1. The number of hydrogen-bond acceptors (Lipinski definition) is 3. The Morgan fingerprint density at radius 3 is 2.57 bits per heavy atom. The minimum absolute atomic E-state index is 0.217. The number of methoxy groups -OCH3 is 1. The van der Waals surface area contributed by atoms with Gasteiger partial charge in [0.15, 0.2) is 0 Å². The van der Waals surface area contributed by atoms with Crippen LogP contribution in [0.2, 0.25) is 5.02 Å². The van der Waals surface area contributed by atoms with Crippen molar-refractivity contribution in [1.29, 1.82) is 0 Å². The van der Waals surface area contributed by atoms with Crippen molar-refractivity contribution in [3.63, 3.8) is 0 Å². The van der Waals surface area contributed by atoms with Crippen molar-refractivity contribution in [3.05, 3.63) is 28.8 Å². The van der Waals surface area contributed by atoms with Gasteiger partial charge in [-0.1, -0.05) is 43.4 Å². The number of benzene rings is 1. The lowest BCUT2D eigenvalue weighted by Crippen LogP contribution is -2.37. The topological polar surface area (TPSA) is 58.6 Å². The van der Waals surface area contributed by atoms with Crippen molar-refractivity contribution in [2.75, 3.05) is 7.11 Å². The third kappa shape index (κ3) is 4.11. The van der Waals surface area contributed by atoms with Crippen LogP contribution in [-0.4, -0.2) is 24.2 Å². The van der Waals surface area contributed by atoms with Gasteiger partial charge >= 0.3 is 5.97 Å². The van der Waals surface area contributed by atoms with E-state index < -0.39 is 12.0 Å². The quantitative estimate of drug-likeness (QED) is 0.812. The second kappa shape index (κ2) is 7.66. The van der Waals surface area contributed by atoms with E-state index in [1.807, 2.05) is 0 Å². The largest absolute Gasteiger partial charge is 0.496 e. The molecular weight excluding hydrogens is 290 g/mol. The molecule has 1 aliphatic rings. The molecule has 4 nitrogen and oxygen atoms in total. The third-order valence-corrected chi connectivity index (χ3v) is 4.36. The highest BCUT2D eigenvalue weighted by Gasteiger charge is 2.28. The van der Waals surface area contributed by atoms with Crippen LogP contribution in [-0.2, 0) is 4.79 Å². The van der Waals surface area contributed by atoms with Gasteiger partial charge in [0.05, 0.1) is 7.11 Å². The van der Waals surface area contributed by atoms with Crippen molar-refractivity contribution in [3.8, 4) is 5.75 Å². The maximum Gasteiger partial charge on any atom is 0.325 e. The highest BCUT2D eigenvalue weighted by atomic mass is 35.5. The van der Waals surface area contributed by atoms with Crippen LogP contribution in [0.4, 0.5) is 0 Å². The number of rotatable bonds is 5. The van der Waals surface area contributed by atoms with Crippen molar-refractivity contribution in [1.82, 2.24) is 5.32 Å². The first-order chi connectivity index (χ1) is 10.1. The summed E-state index contributed by atoms with van der Waals surface area (Å²) in [5.74, 6) is -0.415. The molecule has 1 aromatic carbocycles. The second-order valence-corrected chi connectivity index (χ2v) is 5.89. The average molecular weight is 312 g/mol. The zero-order chi connectivity index (χ0) is 15.2. The molecule has 0 aromatic heterocycles. The predicted molar refractivity (Wildman–Crippen MR) is 83.0 cm³/mol. The summed E-state index contributed by atoms with van der Waals surface area (Å²) in [6.07, 6.45) is 6.76. The molecule has 116 valence electrons. The maximum atomic E-state index is 11.7. The Bertz CT molecular complexity index is 484. The Morgan fingerprint density at radius 2 is 2.00 bits per heavy atom. The minimum atomic E-state index is -0.925. The molecule has 0 aliphatic heterocycles. The lowest BCUT2D eigenvalue weighted by molar-refractivity contribution is -0.140. The van der Waals surface area contributed by atoms with Gasteiger partial charge in [0, 0.05) is 16.6 Å². The second-order valence-electron chi connectivity index (χ2n) is 5.48. The highest BCUT2D eigenvalue weighted by Crippen LogP contribution is 2.33. The van der Waals surface area contributed by atoms with E-state index in [1.165, 1.54) is 20.0 Å². The zero-order valence-electron chi connectivity index (χ0n) is 12.3. The number of hydrogen-bond donors (Lipinski definition) is 2. The Balaban J connectivity index is 2.24. The summed E-state index contributed by atoms with van der Waals surface area (Å²) < 4.78 is 5.28. The Kier molecular flexibility index (Phi) is 5.88. The van der Waals surface area contributed by atoms with Gasteiger partial charge in [-0.25, -0.2) is 0 Å². The van der Waals surface area contributed by atoms with Crippen molar-refractivity contribution >= 4 is 17.6 Å². The van der Waals surface area contributed by atoms with Crippen LogP contribution in [0.1, 0.15) is 50.1 Å². The molecule has 0 saturated heterocycles. The fourth-order valence-corrected chi connectivity index (χ4v) is 3.21. The molecule has 0 radical (unpaired) electrons. The van der Waals surface area contributed by atoms with Gasteiger partial charge in [-0.05, 0) is 25.0 Å². The summed E-state index contributed by atoms with van der Waals surface area (Å²) in [6.45, 7) is 0. The third-order valence-electron chi connectivity index (χ3n) is 4.03. The Labute approximate surface area is 130 Å². The van der Waals surface area contributed by atoms with Crippen LogP contribution >= 0.6 is 11.6 Å². The van der Waals surface area contributed by atoms with Gasteiger partial charge in [0.25, 0.3) is 0 Å². The molecule has 1 saturated carbocycles. The van der Waals surface area contributed by atoms with Gasteiger partial charge in [0.2, 0.25) is 0 Å². The minimum Gasteiger partial charge on any atom is -0.496 e. The van der Waals surface area contributed by atoms with Crippen LogP contribution in [0.25, 0.3) is 0 Å². The van der Waals surface area contributed by atoms with E-state index in [9.17, 15) is 9.90 Å². The van der Waals surface area contributed by atoms with Crippen LogP contribution in [0.15, 0.2) is 18.2 Å². The van der Waals surface area contributed by atoms with E-state index >= 15 is 0 Å². The first kappa shape index (κ1) is 16.1. The normalized spacial score (nSPS) is 18.0. The van der Waals surface area contributed by atoms with Crippen LogP contribution in [0, 0.1) is 0 Å². The number of carbonyl (C=O) groups is 1. The zero-order valence-corrected chi connectivity index (χ0v) is 13.0. The smallest absolute Gasteiger partial charge is 0.325 e. The van der Waals surface area contributed by atoms with Gasteiger partial charge in [0.1, 0.15) is 11.8 Å². The first-order valence-corrected chi connectivity index (χ1v) is 7.82. The molecule has 0 spiro atoms. The predicted octanol–water partition coefficient (Wildman–Crippen LogP) is 3.79. The monoisotopic (exact) mass is 311 g/mol. The number of aliphatic carboxylic acids is 1. The van der Waals surface area contributed by atoms with Gasteiger partial charge < -0.3 is 9.84 Å². The van der Waals surface area contributed by atoms with E-state index in [4.69, 9.17) is 16.3 Å². The number of nitrogens with one attached hydrogen (secondary N) is 1. The Hall–Kier alpha value is -1.26. The molecule has 1 aliphatic carbocycles. The Morgan fingerprint density at radius 1 is 1.33 bits per heavy atom. The van der Waals surface area contributed by atoms with Crippen LogP contribution in [0.5, 0.6) is 5.75 Å². The van der Waals surface area contributed by atoms with Crippen molar-refractivity contribution in [2.24, 2.45) is 0 Å². The summed E-state index contributed by atoms with van der Waals surface area (Å²) in [5.41, 5.74) is 0.512. The molecule has 2 N–H and O–H groups in total. The molecule has 1 unspecified atom stereocenters. The summed E-state index contributed by atoms with van der Waals surface area (Å²) in [7, 11) is 1.53. The number of carboxylic acid groups (broad SMARTS) is 1. The van der Waals surface area contributed by atoms with Gasteiger partial charge in [-0.15, -0.1) is 0 Å². The molecule has 2 rings (SSSR count). The molecule has 0 amide bonds. The summed E-state index contributed by atoms with van der Waals surface area (Å²) in [6, 6.07) is 4.58. The molecule has 5 heteroatoms.